The van der Waals surface area contributed by atoms with E-state index in [1.165, 1.54) is 0 Å². The fraction of sp³-hybridized carbons (Fsp3) is 0.583. The lowest BCUT2D eigenvalue weighted by Crippen LogP contribution is -2.54. The highest BCUT2D eigenvalue weighted by Crippen LogP contribution is 2.37. The number of alkyl halides is 3. The second-order valence-corrected chi connectivity index (χ2v) is 10.4. The van der Waals surface area contributed by atoms with Crippen molar-refractivity contribution in [3.05, 3.63) is 23.8 Å². The highest BCUT2D eigenvalue weighted by Gasteiger charge is 2.51. The predicted molar refractivity (Wildman–Crippen MR) is 130 cm³/mol. The molecule has 3 atom stereocenters. The summed E-state index contributed by atoms with van der Waals surface area (Å²) in [6.07, 6.45) is -7.36. The first-order valence-electron chi connectivity index (χ1n) is 12.2. The van der Waals surface area contributed by atoms with Crippen LogP contribution in [0.25, 0.3) is 11.0 Å². The first kappa shape index (κ1) is 29.6. The maximum Gasteiger partial charge on any atom is 0.408 e. The topological polar surface area (TPSA) is 156 Å². The van der Waals surface area contributed by atoms with Gasteiger partial charge >= 0.3 is 18.2 Å². The molecule has 0 bridgehead atoms. The average molecular weight is 557 g/mol. The van der Waals surface area contributed by atoms with Crippen molar-refractivity contribution in [1.82, 2.24) is 30.5 Å². The molecule has 1 aliphatic rings. The Kier molecular flexibility index (Phi) is 8.70. The summed E-state index contributed by atoms with van der Waals surface area (Å²) in [5, 5.41) is 21.8. The molecule has 0 spiro atoms. The number of aryl methyl sites for hydroxylation is 1. The van der Waals surface area contributed by atoms with Gasteiger partial charge in [-0.15, -0.1) is 5.10 Å². The number of carboxylic acids is 1. The zero-order valence-electron chi connectivity index (χ0n) is 21.9. The molecule has 0 saturated carbocycles. The van der Waals surface area contributed by atoms with Crippen LogP contribution in [0.15, 0.2) is 18.2 Å². The maximum absolute atomic E-state index is 13.6. The number of fused-ring (bicyclic) bond motifs is 1. The van der Waals surface area contributed by atoms with Crippen LogP contribution in [0.2, 0.25) is 0 Å². The lowest BCUT2D eigenvalue weighted by molar-refractivity contribution is -0.171. The average Bonchev–Trinajstić information content (AvgIpc) is 3.43. The zero-order valence-corrected chi connectivity index (χ0v) is 21.9. The van der Waals surface area contributed by atoms with Gasteiger partial charge in [-0.05, 0) is 51.3 Å². The van der Waals surface area contributed by atoms with Crippen LogP contribution in [0.1, 0.15) is 45.6 Å². The Hall–Kier alpha value is -3.91. The van der Waals surface area contributed by atoms with Gasteiger partial charge in [-0.25, -0.2) is 9.48 Å². The first-order valence-corrected chi connectivity index (χ1v) is 12.2. The largest absolute Gasteiger partial charge is 0.481 e. The van der Waals surface area contributed by atoms with Crippen LogP contribution in [0.4, 0.5) is 18.0 Å². The molecule has 214 valence electrons. The van der Waals surface area contributed by atoms with Gasteiger partial charge in [-0.3, -0.25) is 14.4 Å². The maximum atomic E-state index is 13.6. The molecular weight excluding hydrogens is 525 g/mol. The van der Waals surface area contributed by atoms with Crippen LogP contribution in [-0.2, 0) is 32.7 Å². The lowest BCUT2D eigenvalue weighted by atomic mass is 10.0. The number of carbonyl (C=O) groups is 4. The Morgan fingerprint density at radius 1 is 1.21 bits per heavy atom. The van der Waals surface area contributed by atoms with Crippen molar-refractivity contribution in [1.29, 1.82) is 0 Å². The summed E-state index contributed by atoms with van der Waals surface area (Å²) in [4.78, 5) is 50.6. The number of rotatable bonds is 8. The van der Waals surface area contributed by atoms with Crippen molar-refractivity contribution < 1.29 is 42.2 Å². The van der Waals surface area contributed by atoms with Gasteiger partial charge < -0.3 is 25.4 Å². The number of likely N-dealkylation sites (tertiary alicyclic amines) is 1. The van der Waals surface area contributed by atoms with E-state index in [9.17, 15) is 32.3 Å². The normalized spacial score (nSPS) is 18.6. The molecule has 3 amide bonds. The molecule has 39 heavy (non-hydrogen) atoms. The van der Waals surface area contributed by atoms with Gasteiger partial charge in [0.1, 0.15) is 23.2 Å². The molecule has 0 unspecified atom stereocenters. The van der Waals surface area contributed by atoms with Crippen molar-refractivity contribution in [2.45, 2.75) is 70.4 Å². The molecule has 1 saturated heterocycles. The van der Waals surface area contributed by atoms with Crippen LogP contribution in [0, 0.1) is 5.92 Å². The molecule has 2 aromatic rings. The molecular formula is C24H31F3N6O6. The van der Waals surface area contributed by atoms with Crippen molar-refractivity contribution in [3.8, 4) is 0 Å². The number of carbonyl (C=O) groups excluding carboxylic acids is 3. The van der Waals surface area contributed by atoms with Crippen molar-refractivity contribution in [2.24, 2.45) is 13.0 Å². The Bertz CT molecular complexity index is 1240. The van der Waals surface area contributed by atoms with Gasteiger partial charge in [0.25, 0.3) is 0 Å². The van der Waals surface area contributed by atoms with Crippen LogP contribution >= 0.6 is 0 Å². The van der Waals surface area contributed by atoms with Gasteiger partial charge in [-0.2, -0.15) is 13.2 Å². The minimum Gasteiger partial charge on any atom is -0.481 e. The molecule has 0 radical (unpaired) electrons. The number of carboxylic acid groups (broad SMARTS) is 1. The van der Waals surface area contributed by atoms with E-state index in [1.54, 1.807) is 50.7 Å². The monoisotopic (exact) mass is 556 g/mol. The molecule has 1 fully saturated rings. The summed E-state index contributed by atoms with van der Waals surface area (Å²) in [6, 6.07) is 2.10. The predicted octanol–water partition coefficient (Wildman–Crippen LogP) is 2.12. The number of hydrogen-bond acceptors (Lipinski definition) is 7. The van der Waals surface area contributed by atoms with Gasteiger partial charge in [0.2, 0.25) is 11.8 Å². The van der Waals surface area contributed by atoms with E-state index in [2.05, 4.69) is 20.9 Å². The van der Waals surface area contributed by atoms with E-state index < -0.39 is 79.5 Å². The molecule has 1 aromatic carbocycles. The van der Waals surface area contributed by atoms with Crippen LogP contribution in [-0.4, -0.2) is 79.3 Å². The number of amides is 3. The van der Waals surface area contributed by atoms with E-state index in [4.69, 9.17) is 9.84 Å². The highest BCUT2D eigenvalue weighted by atomic mass is 19.4. The molecule has 3 rings (SSSR count). The molecule has 1 aliphatic heterocycles. The molecule has 3 N–H and O–H groups in total. The fourth-order valence-corrected chi connectivity index (χ4v) is 4.24. The van der Waals surface area contributed by atoms with Gasteiger partial charge in [0.15, 0.2) is 0 Å². The number of alkyl carbamates (subject to hydrolysis) is 1. The summed E-state index contributed by atoms with van der Waals surface area (Å²) in [7, 11) is 1.71. The Morgan fingerprint density at radius 2 is 1.90 bits per heavy atom. The van der Waals surface area contributed by atoms with Crippen LogP contribution in [0.5, 0.6) is 0 Å². The number of aliphatic carboxylic acids is 1. The number of nitrogens with zero attached hydrogens (tertiary/aromatic N) is 4. The van der Waals surface area contributed by atoms with Gasteiger partial charge in [0, 0.05) is 26.6 Å². The van der Waals surface area contributed by atoms with Crippen LogP contribution in [0.3, 0.4) is 0 Å². The van der Waals surface area contributed by atoms with Gasteiger partial charge in [-0.1, -0.05) is 11.3 Å². The SMILES string of the molecule is Cn1nnc2cc(CNC(=O)[C@@H]3C[C@H](C(F)(F)F)CN3C(=O)[C@@H](CCC(=O)O)NC(=O)OC(C)(C)C)ccc21. The number of benzene rings is 1. The minimum atomic E-state index is -4.68. The Labute approximate surface area is 221 Å². The quantitative estimate of drug-likeness (QED) is 0.447. The standard InChI is InChI=1S/C24H31F3N6O6/c1-23(2,3)39-22(38)29-15(6-8-19(34)35)21(37)33-12-14(24(25,26)27)10-18(33)20(36)28-11-13-5-7-17-16(9-13)30-31-32(17)4/h5,7,9,14-15,18H,6,8,10-12H2,1-4H3,(H,28,36)(H,29,38)(H,34,35)/t14-,15+,18-/m0/s1. The third-order valence-corrected chi connectivity index (χ3v) is 6.13. The van der Waals surface area contributed by atoms with E-state index in [-0.39, 0.29) is 6.54 Å². The lowest BCUT2D eigenvalue weighted by Gasteiger charge is -2.29. The second-order valence-electron chi connectivity index (χ2n) is 10.4. The van der Waals surface area contributed by atoms with E-state index in [1.807, 2.05) is 0 Å². The highest BCUT2D eigenvalue weighted by molar-refractivity contribution is 5.92. The number of halogens is 3. The summed E-state index contributed by atoms with van der Waals surface area (Å²) in [6.45, 7) is 3.84. The first-order chi connectivity index (χ1) is 18.0. The molecule has 0 aliphatic carbocycles. The smallest absolute Gasteiger partial charge is 0.408 e. The zero-order chi connectivity index (χ0) is 29.1. The fourth-order valence-electron chi connectivity index (χ4n) is 4.24. The molecule has 2 heterocycles. The third-order valence-electron chi connectivity index (χ3n) is 6.13. The summed E-state index contributed by atoms with van der Waals surface area (Å²) in [5.74, 6) is -5.07. The summed E-state index contributed by atoms with van der Waals surface area (Å²) in [5.41, 5.74) is 0.977. The Morgan fingerprint density at radius 3 is 2.51 bits per heavy atom. The molecule has 12 nitrogen and oxygen atoms in total. The van der Waals surface area contributed by atoms with Crippen molar-refractivity contribution >= 4 is 34.9 Å². The van der Waals surface area contributed by atoms with Crippen molar-refractivity contribution in [3.63, 3.8) is 0 Å². The molecule has 1 aromatic heterocycles. The third kappa shape index (κ3) is 7.80. The second kappa shape index (κ2) is 11.5. The molecule has 15 heteroatoms. The van der Waals surface area contributed by atoms with Gasteiger partial charge in [0.05, 0.1) is 11.4 Å². The number of aromatic nitrogens is 3. The number of ether oxygens (including phenoxy) is 1. The van der Waals surface area contributed by atoms with Crippen molar-refractivity contribution in [2.75, 3.05) is 6.54 Å². The van der Waals surface area contributed by atoms with E-state index in [0.29, 0.717) is 11.1 Å². The summed E-state index contributed by atoms with van der Waals surface area (Å²) >= 11 is 0. The van der Waals surface area contributed by atoms with E-state index in [0.717, 1.165) is 10.4 Å². The van der Waals surface area contributed by atoms with Crippen LogP contribution < -0.4 is 10.6 Å². The number of hydrogen-bond donors (Lipinski definition) is 3. The van der Waals surface area contributed by atoms with E-state index >= 15 is 0 Å². The Balaban J connectivity index is 1.79. The minimum absolute atomic E-state index is 0.0425. The number of nitrogens with one attached hydrogen (secondary N) is 2. The summed E-state index contributed by atoms with van der Waals surface area (Å²) < 4.78 is 47.6.